The van der Waals surface area contributed by atoms with Crippen molar-refractivity contribution in [2.45, 2.75) is 59.0 Å². The summed E-state index contributed by atoms with van der Waals surface area (Å²) < 4.78 is 2.29. The second kappa shape index (κ2) is 8.35. The second-order valence-electron chi connectivity index (χ2n) is 5.41. The molecule has 21 heavy (non-hydrogen) atoms. The molecule has 2 heterocycles. The third-order valence-electron chi connectivity index (χ3n) is 3.77. The maximum Gasteiger partial charge on any atom is 0.110 e. The van der Waals surface area contributed by atoms with Crippen molar-refractivity contribution >= 4 is 11.3 Å². The lowest BCUT2D eigenvalue weighted by atomic mass is 10.1. The fourth-order valence-electron chi connectivity index (χ4n) is 2.68. The van der Waals surface area contributed by atoms with Crippen LogP contribution < -0.4 is 5.32 Å². The Kier molecular flexibility index (Phi) is 6.46. The minimum absolute atomic E-state index is 0.387. The van der Waals surface area contributed by atoms with Gasteiger partial charge in [0.05, 0.1) is 0 Å². The summed E-state index contributed by atoms with van der Waals surface area (Å²) in [5, 5.41) is 5.93. The Balaban J connectivity index is 2.18. The zero-order chi connectivity index (χ0) is 15.1. The van der Waals surface area contributed by atoms with Crippen LogP contribution in [0.25, 0.3) is 0 Å². The Morgan fingerprint density at radius 2 is 2.14 bits per heavy atom. The molecule has 0 aliphatic rings. The standard InChI is InChI=1S/C17H27N3S/c1-4-8-18-15(17-14(6-3)7-12-21-17)13-16-19-9-11-20(16)10-5-2/h7,9,11-12,15,18H,4-6,8,10,13H2,1-3H3. The van der Waals surface area contributed by atoms with Gasteiger partial charge in [-0.25, -0.2) is 4.98 Å². The number of aromatic nitrogens is 2. The SMILES string of the molecule is CCCNC(Cc1nccn1CCC)c1sccc1CC. The van der Waals surface area contributed by atoms with Gasteiger partial charge in [-0.2, -0.15) is 0 Å². The van der Waals surface area contributed by atoms with Crippen LogP contribution in [0.5, 0.6) is 0 Å². The van der Waals surface area contributed by atoms with Crippen molar-refractivity contribution in [1.29, 1.82) is 0 Å². The highest BCUT2D eigenvalue weighted by atomic mass is 32.1. The number of nitrogens with zero attached hydrogens (tertiary/aromatic N) is 2. The van der Waals surface area contributed by atoms with E-state index in [0.717, 1.165) is 38.8 Å². The van der Waals surface area contributed by atoms with Crippen LogP contribution in [-0.2, 0) is 19.4 Å². The number of nitrogens with one attached hydrogen (secondary N) is 1. The summed E-state index contributed by atoms with van der Waals surface area (Å²) in [6.45, 7) is 8.78. The molecule has 0 amide bonds. The Morgan fingerprint density at radius 3 is 2.86 bits per heavy atom. The molecule has 1 unspecified atom stereocenters. The zero-order valence-corrected chi connectivity index (χ0v) is 14.2. The van der Waals surface area contributed by atoms with Gasteiger partial charge in [-0.05, 0) is 42.8 Å². The van der Waals surface area contributed by atoms with Gasteiger partial charge in [-0.15, -0.1) is 11.3 Å². The van der Waals surface area contributed by atoms with Crippen LogP contribution >= 0.6 is 11.3 Å². The molecule has 0 spiro atoms. The maximum absolute atomic E-state index is 4.58. The van der Waals surface area contributed by atoms with E-state index in [9.17, 15) is 0 Å². The van der Waals surface area contributed by atoms with Gasteiger partial charge >= 0.3 is 0 Å². The molecule has 2 aromatic rings. The van der Waals surface area contributed by atoms with Crippen molar-refractivity contribution in [2.24, 2.45) is 0 Å². The summed E-state index contributed by atoms with van der Waals surface area (Å²) in [6.07, 6.45) is 8.41. The van der Waals surface area contributed by atoms with Crippen molar-refractivity contribution in [1.82, 2.24) is 14.9 Å². The topological polar surface area (TPSA) is 29.9 Å². The van der Waals surface area contributed by atoms with E-state index >= 15 is 0 Å². The number of hydrogen-bond donors (Lipinski definition) is 1. The van der Waals surface area contributed by atoms with Crippen LogP contribution in [0.4, 0.5) is 0 Å². The second-order valence-corrected chi connectivity index (χ2v) is 6.36. The number of rotatable bonds is 9. The van der Waals surface area contributed by atoms with Crippen molar-refractivity contribution in [3.05, 3.63) is 40.1 Å². The molecule has 0 aromatic carbocycles. The number of thiophene rings is 1. The van der Waals surface area contributed by atoms with E-state index in [2.05, 4.69) is 53.3 Å². The molecule has 0 radical (unpaired) electrons. The quantitative estimate of drug-likeness (QED) is 0.752. The van der Waals surface area contributed by atoms with E-state index in [1.807, 2.05) is 17.5 Å². The molecule has 1 atom stereocenters. The molecule has 0 fully saturated rings. The Hall–Kier alpha value is -1.13. The van der Waals surface area contributed by atoms with E-state index in [1.165, 1.54) is 16.3 Å². The first-order valence-corrected chi connectivity index (χ1v) is 8.97. The summed E-state index contributed by atoms with van der Waals surface area (Å²) >= 11 is 1.87. The highest BCUT2D eigenvalue weighted by Crippen LogP contribution is 2.27. The van der Waals surface area contributed by atoms with Crippen molar-refractivity contribution < 1.29 is 0 Å². The number of hydrogen-bond acceptors (Lipinski definition) is 3. The molecule has 4 heteroatoms. The summed E-state index contributed by atoms with van der Waals surface area (Å²) in [7, 11) is 0. The zero-order valence-electron chi connectivity index (χ0n) is 13.4. The summed E-state index contributed by atoms with van der Waals surface area (Å²) in [5.74, 6) is 1.20. The van der Waals surface area contributed by atoms with Gasteiger partial charge in [0.2, 0.25) is 0 Å². The molecule has 0 bridgehead atoms. The molecule has 116 valence electrons. The summed E-state index contributed by atoms with van der Waals surface area (Å²) in [5.41, 5.74) is 1.47. The predicted molar refractivity (Wildman–Crippen MR) is 91.0 cm³/mol. The lowest BCUT2D eigenvalue weighted by Crippen LogP contribution is -2.25. The summed E-state index contributed by atoms with van der Waals surface area (Å²) in [4.78, 5) is 6.06. The van der Waals surface area contributed by atoms with Crippen LogP contribution in [0.3, 0.4) is 0 Å². The lowest BCUT2D eigenvalue weighted by Gasteiger charge is -2.19. The van der Waals surface area contributed by atoms with E-state index in [4.69, 9.17) is 0 Å². The van der Waals surface area contributed by atoms with Crippen LogP contribution in [0.15, 0.2) is 23.8 Å². The Bertz CT molecular complexity index is 530. The molecule has 1 N–H and O–H groups in total. The normalized spacial score (nSPS) is 12.7. The highest BCUT2D eigenvalue weighted by Gasteiger charge is 2.18. The average Bonchev–Trinajstić information content (AvgIpc) is 3.13. The maximum atomic E-state index is 4.58. The molecular weight excluding hydrogens is 278 g/mol. The molecule has 0 saturated carbocycles. The van der Waals surface area contributed by atoms with Crippen molar-refractivity contribution in [2.75, 3.05) is 6.54 Å². The summed E-state index contributed by atoms with van der Waals surface area (Å²) in [6, 6.07) is 2.65. The first kappa shape index (κ1) is 16.2. The van der Waals surface area contributed by atoms with E-state index in [1.54, 1.807) is 0 Å². The van der Waals surface area contributed by atoms with Crippen molar-refractivity contribution in [3.63, 3.8) is 0 Å². The van der Waals surface area contributed by atoms with Crippen molar-refractivity contribution in [3.8, 4) is 0 Å². The Morgan fingerprint density at radius 1 is 1.29 bits per heavy atom. The third kappa shape index (κ3) is 4.17. The average molecular weight is 305 g/mol. The fourth-order valence-corrected chi connectivity index (χ4v) is 3.75. The van der Waals surface area contributed by atoms with Gasteiger partial charge in [-0.1, -0.05) is 20.8 Å². The van der Waals surface area contributed by atoms with Gasteiger partial charge in [0.1, 0.15) is 5.82 Å². The molecule has 2 rings (SSSR count). The number of aryl methyl sites for hydroxylation is 2. The van der Waals surface area contributed by atoms with Crippen LogP contribution in [0.2, 0.25) is 0 Å². The van der Waals surface area contributed by atoms with E-state index in [0.29, 0.717) is 6.04 Å². The Labute approximate surface area is 132 Å². The molecule has 0 aliphatic heterocycles. The predicted octanol–water partition coefficient (Wildman–Crippen LogP) is 4.20. The smallest absolute Gasteiger partial charge is 0.110 e. The monoisotopic (exact) mass is 305 g/mol. The molecule has 2 aromatic heterocycles. The van der Waals surface area contributed by atoms with Gasteiger partial charge in [-0.3, -0.25) is 0 Å². The minimum atomic E-state index is 0.387. The molecule has 3 nitrogen and oxygen atoms in total. The largest absolute Gasteiger partial charge is 0.335 e. The van der Waals surface area contributed by atoms with Gasteiger partial charge < -0.3 is 9.88 Å². The molecular formula is C17H27N3S. The fraction of sp³-hybridized carbons (Fsp3) is 0.588. The van der Waals surface area contributed by atoms with Crippen LogP contribution in [-0.4, -0.2) is 16.1 Å². The molecule has 0 saturated heterocycles. The highest BCUT2D eigenvalue weighted by molar-refractivity contribution is 7.10. The van der Waals surface area contributed by atoms with E-state index in [-0.39, 0.29) is 0 Å². The van der Waals surface area contributed by atoms with Gasteiger partial charge in [0.25, 0.3) is 0 Å². The van der Waals surface area contributed by atoms with Crippen LogP contribution in [0.1, 0.15) is 55.9 Å². The first-order chi connectivity index (χ1) is 10.3. The number of imidazole rings is 1. The third-order valence-corrected chi connectivity index (χ3v) is 4.84. The van der Waals surface area contributed by atoms with Crippen LogP contribution in [0, 0.1) is 0 Å². The first-order valence-electron chi connectivity index (χ1n) is 8.09. The van der Waals surface area contributed by atoms with Gasteiger partial charge in [0.15, 0.2) is 0 Å². The van der Waals surface area contributed by atoms with E-state index < -0.39 is 0 Å². The minimum Gasteiger partial charge on any atom is -0.335 e. The van der Waals surface area contributed by atoms with Gasteiger partial charge in [0, 0.05) is 36.3 Å². The lowest BCUT2D eigenvalue weighted by molar-refractivity contribution is 0.506. The molecule has 0 aliphatic carbocycles.